The molecule has 0 aliphatic rings. The summed E-state index contributed by atoms with van der Waals surface area (Å²) in [5.74, 6) is -0.475. The first kappa shape index (κ1) is 13.0. The van der Waals surface area contributed by atoms with E-state index in [-0.39, 0.29) is 11.9 Å². The number of hydrogen-bond donors (Lipinski definition) is 0. The average Bonchev–Trinajstić information content (AvgIpc) is 2.72. The number of thiazole rings is 1. The highest BCUT2D eigenvalue weighted by Crippen LogP contribution is 2.22. The summed E-state index contributed by atoms with van der Waals surface area (Å²) in [6.45, 7) is 3.58. The predicted octanol–water partition coefficient (Wildman–Crippen LogP) is 3.56. The van der Waals surface area contributed by atoms with Gasteiger partial charge in [0.25, 0.3) is 0 Å². The van der Waals surface area contributed by atoms with Crippen LogP contribution in [0.1, 0.15) is 13.8 Å². The number of carbonyl (C=O) groups is 1. The first-order valence-corrected chi connectivity index (χ1v) is 6.86. The number of hydrogen-bond acceptors (Lipinski definition) is 4. The molecule has 1 aromatic carbocycles. The quantitative estimate of drug-likeness (QED) is 0.805. The predicted molar refractivity (Wildman–Crippen MR) is 75.0 cm³/mol. The van der Waals surface area contributed by atoms with E-state index in [4.69, 9.17) is 17.1 Å². The Hall–Kier alpha value is -1.46. The molecule has 0 saturated heterocycles. The molecule has 0 spiro atoms. The van der Waals surface area contributed by atoms with Gasteiger partial charge in [0.1, 0.15) is 5.69 Å². The summed E-state index contributed by atoms with van der Waals surface area (Å²) >= 11 is 6.56. The van der Waals surface area contributed by atoms with E-state index < -0.39 is 0 Å². The van der Waals surface area contributed by atoms with E-state index in [0.717, 1.165) is 11.3 Å². The Morgan fingerprint density at radius 3 is 2.61 bits per heavy atom. The van der Waals surface area contributed by atoms with E-state index in [1.165, 1.54) is 16.1 Å². The van der Waals surface area contributed by atoms with E-state index >= 15 is 0 Å². The van der Waals surface area contributed by atoms with Gasteiger partial charge in [0, 0.05) is 10.9 Å². The lowest BCUT2D eigenvalue weighted by Crippen LogP contribution is -2.24. The third-order valence-electron chi connectivity index (χ3n) is 2.38. The summed E-state index contributed by atoms with van der Waals surface area (Å²) in [4.78, 5) is 17.0. The first-order valence-electron chi connectivity index (χ1n) is 5.57. The molecule has 0 aliphatic heterocycles. The monoisotopic (exact) mass is 279 g/mol. The molecule has 0 unspecified atom stereocenters. The molecule has 5 heteroatoms. The van der Waals surface area contributed by atoms with Crippen molar-refractivity contribution in [1.82, 2.24) is 4.73 Å². The first-order chi connectivity index (χ1) is 8.59. The maximum atomic E-state index is 11.7. The summed E-state index contributed by atoms with van der Waals surface area (Å²) in [6, 6.07) is 9.72. The fourth-order valence-corrected chi connectivity index (χ4v) is 2.33. The van der Waals surface area contributed by atoms with Crippen molar-refractivity contribution in [2.75, 3.05) is 0 Å². The lowest BCUT2D eigenvalue weighted by atomic mass is 10.2. The molecule has 0 bridgehead atoms. The fraction of sp³-hybridized carbons (Fsp3) is 0.231. The molecule has 0 saturated carbocycles. The number of aromatic nitrogens is 1. The summed E-state index contributed by atoms with van der Waals surface area (Å²) in [7, 11) is 0. The van der Waals surface area contributed by atoms with Crippen LogP contribution in [0.15, 0.2) is 35.7 Å². The van der Waals surface area contributed by atoms with Gasteiger partial charge < -0.3 is 4.84 Å². The number of carbonyl (C=O) groups excluding carboxylic acids is 1. The third-order valence-corrected chi connectivity index (χ3v) is 3.54. The van der Waals surface area contributed by atoms with Gasteiger partial charge in [-0.3, -0.25) is 0 Å². The normalized spacial score (nSPS) is 10.6. The molecule has 1 heterocycles. The van der Waals surface area contributed by atoms with Crippen LogP contribution in [-0.4, -0.2) is 10.7 Å². The molecule has 0 aliphatic carbocycles. The Kier molecular flexibility index (Phi) is 3.93. The second-order valence-corrected chi connectivity index (χ2v) is 5.62. The minimum Gasteiger partial charge on any atom is -0.334 e. The van der Waals surface area contributed by atoms with Gasteiger partial charge in [-0.05, 0) is 12.2 Å². The van der Waals surface area contributed by atoms with Crippen molar-refractivity contribution in [2.24, 2.45) is 5.92 Å². The van der Waals surface area contributed by atoms with Crippen molar-refractivity contribution in [2.45, 2.75) is 13.8 Å². The SMILES string of the molecule is CC(C)C(=O)On1c(-c2ccccc2)csc1=S. The maximum absolute atomic E-state index is 11.7. The molecule has 2 aromatic rings. The van der Waals surface area contributed by atoms with Crippen molar-refractivity contribution in [3.63, 3.8) is 0 Å². The largest absolute Gasteiger partial charge is 0.335 e. The number of benzene rings is 1. The summed E-state index contributed by atoms with van der Waals surface area (Å²) in [5.41, 5.74) is 1.78. The van der Waals surface area contributed by atoms with E-state index in [9.17, 15) is 4.79 Å². The van der Waals surface area contributed by atoms with Crippen molar-refractivity contribution < 1.29 is 9.63 Å². The second-order valence-electron chi connectivity index (χ2n) is 4.11. The molecule has 0 radical (unpaired) electrons. The Bertz CT molecular complexity index is 599. The van der Waals surface area contributed by atoms with Gasteiger partial charge in [-0.2, -0.15) is 4.73 Å². The van der Waals surface area contributed by atoms with Crippen molar-refractivity contribution in [1.29, 1.82) is 0 Å². The zero-order valence-electron chi connectivity index (χ0n) is 10.1. The van der Waals surface area contributed by atoms with Crippen LogP contribution < -0.4 is 4.84 Å². The van der Waals surface area contributed by atoms with Crippen LogP contribution in [0.2, 0.25) is 0 Å². The third kappa shape index (κ3) is 2.68. The Morgan fingerprint density at radius 1 is 1.33 bits per heavy atom. The summed E-state index contributed by atoms with van der Waals surface area (Å²) in [5, 5.41) is 1.89. The van der Waals surface area contributed by atoms with Crippen LogP contribution in [-0.2, 0) is 4.79 Å². The Balaban J connectivity index is 2.40. The van der Waals surface area contributed by atoms with Crippen LogP contribution in [0.3, 0.4) is 0 Å². The van der Waals surface area contributed by atoms with Gasteiger partial charge in [0.05, 0.1) is 5.92 Å². The Morgan fingerprint density at radius 2 is 2.00 bits per heavy atom. The highest BCUT2D eigenvalue weighted by molar-refractivity contribution is 7.73. The van der Waals surface area contributed by atoms with Gasteiger partial charge in [-0.15, -0.1) is 11.3 Å². The topological polar surface area (TPSA) is 31.2 Å². The maximum Gasteiger partial charge on any atom is 0.335 e. The molecule has 0 atom stereocenters. The lowest BCUT2D eigenvalue weighted by molar-refractivity contribution is -0.147. The van der Waals surface area contributed by atoms with E-state index in [1.54, 1.807) is 13.8 Å². The smallest absolute Gasteiger partial charge is 0.334 e. The summed E-state index contributed by atoms with van der Waals surface area (Å²) < 4.78 is 1.96. The highest BCUT2D eigenvalue weighted by Gasteiger charge is 2.14. The molecule has 3 nitrogen and oxygen atoms in total. The highest BCUT2D eigenvalue weighted by atomic mass is 32.1. The van der Waals surface area contributed by atoms with E-state index in [2.05, 4.69) is 0 Å². The van der Waals surface area contributed by atoms with Gasteiger partial charge in [0.2, 0.25) is 0 Å². The van der Waals surface area contributed by atoms with Crippen LogP contribution in [0.5, 0.6) is 0 Å². The average molecular weight is 279 g/mol. The second kappa shape index (κ2) is 5.46. The molecular weight excluding hydrogens is 266 g/mol. The van der Waals surface area contributed by atoms with Crippen molar-refractivity contribution in [3.8, 4) is 11.3 Å². The van der Waals surface area contributed by atoms with Crippen molar-refractivity contribution >= 4 is 29.5 Å². The fourth-order valence-electron chi connectivity index (χ4n) is 1.38. The van der Waals surface area contributed by atoms with Crippen LogP contribution >= 0.6 is 23.6 Å². The van der Waals surface area contributed by atoms with Crippen LogP contribution in [0.25, 0.3) is 11.3 Å². The zero-order valence-corrected chi connectivity index (χ0v) is 11.8. The van der Waals surface area contributed by atoms with Gasteiger partial charge in [-0.25, -0.2) is 4.79 Å². The summed E-state index contributed by atoms with van der Waals surface area (Å²) in [6.07, 6.45) is 0. The molecule has 0 fully saturated rings. The molecule has 2 rings (SSSR count). The van der Waals surface area contributed by atoms with Gasteiger partial charge >= 0.3 is 5.97 Å². The number of rotatable bonds is 3. The number of nitrogens with zero attached hydrogens (tertiary/aromatic N) is 1. The van der Waals surface area contributed by atoms with Crippen molar-refractivity contribution in [3.05, 3.63) is 39.7 Å². The van der Waals surface area contributed by atoms with E-state index in [0.29, 0.717) is 3.95 Å². The molecule has 0 amide bonds. The molecule has 94 valence electrons. The van der Waals surface area contributed by atoms with Gasteiger partial charge in [-0.1, -0.05) is 44.2 Å². The molecular formula is C13H13NO2S2. The van der Waals surface area contributed by atoms with E-state index in [1.807, 2.05) is 35.7 Å². The van der Waals surface area contributed by atoms with Crippen LogP contribution in [0, 0.1) is 9.87 Å². The Labute approximate surface area is 115 Å². The van der Waals surface area contributed by atoms with Crippen LogP contribution in [0.4, 0.5) is 0 Å². The zero-order chi connectivity index (χ0) is 13.1. The van der Waals surface area contributed by atoms with Gasteiger partial charge in [0.15, 0.2) is 3.95 Å². The minimum atomic E-state index is -0.290. The lowest BCUT2D eigenvalue weighted by Gasteiger charge is -2.10. The minimum absolute atomic E-state index is 0.185. The molecule has 18 heavy (non-hydrogen) atoms. The molecule has 0 N–H and O–H groups in total. The standard InChI is InChI=1S/C13H13NO2S2/c1-9(2)12(15)16-14-11(8-18-13(14)17)10-6-4-3-5-7-10/h3-9H,1-2H3. The molecule has 1 aromatic heterocycles.